The second kappa shape index (κ2) is 8.41. The number of amides is 1. The molecule has 11 heteroatoms. The topological polar surface area (TPSA) is 83.1 Å². The fourth-order valence-electron chi connectivity index (χ4n) is 4.09. The summed E-state index contributed by atoms with van der Waals surface area (Å²) < 4.78 is 53.5. The van der Waals surface area contributed by atoms with E-state index >= 15 is 0 Å². The predicted molar refractivity (Wildman–Crippen MR) is 115 cm³/mol. The van der Waals surface area contributed by atoms with E-state index in [2.05, 4.69) is 42.2 Å². The van der Waals surface area contributed by atoms with E-state index in [4.69, 9.17) is 0 Å². The highest BCUT2D eigenvalue weighted by Crippen LogP contribution is 2.44. The molecule has 0 saturated carbocycles. The van der Waals surface area contributed by atoms with Crippen LogP contribution in [0.2, 0.25) is 0 Å². The van der Waals surface area contributed by atoms with E-state index in [0.29, 0.717) is 27.1 Å². The van der Waals surface area contributed by atoms with E-state index in [-0.39, 0.29) is 16.8 Å². The zero-order valence-corrected chi connectivity index (χ0v) is 18.9. The maximum atomic E-state index is 13.4. The van der Waals surface area contributed by atoms with E-state index in [1.54, 1.807) is 0 Å². The van der Waals surface area contributed by atoms with Crippen molar-refractivity contribution in [3.8, 4) is 6.07 Å². The molecule has 0 bridgehead atoms. The van der Waals surface area contributed by atoms with Crippen LogP contribution in [0.1, 0.15) is 77.9 Å². The first-order valence-corrected chi connectivity index (χ1v) is 11.1. The number of aromatic nitrogens is 3. The predicted octanol–water partition coefficient (Wildman–Crippen LogP) is 5.94. The van der Waals surface area contributed by atoms with Crippen LogP contribution in [0.5, 0.6) is 0 Å². The summed E-state index contributed by atoms with van der Waals surface area (Å²) in [4.78, 5) is 17.5. The molecule has 0 aliphatic heterocycles. The van der Waals surface area contributed by atoms with Gasteiger partial charge in [-0.05, 0) is 42.2 Å². The summed E-state index contributed by atoms with van der Waals surface area (Å²) >= 11 is 1.33. The van der Waals surface area contributed by atoms with Gasteiger partial charge in [-0.25, -0.2) is 27.1 Å². The lowest BCUT2D eigenvalue weighted by Crippen LogP contribution is -2.26. The molecule has 3 aromatic heterocycles. The van der Waals surface area contributed by atoms with Crippen LogP contribution in [-0.4, -0.2) is 20.5 Å². The molecule has 0 aromatic carbocycles. The van der Waals surface area contributed by atoms with Crippen molar-refractivity contribution in [2.24, 2.45) is 11.3 Å². The van der Waals surface area contributed by atoms with Crippen LogP contribution < -0.4 is 5.32 Å². The molecule has 1 unspecified atom stereocenters. The zero-order chi connectivity index (χ0) is 24.1. The molecular formula is C22H21F4N5OS. The van der Waals surface area contributed by atoms with Crippen molar-refractivity contribution in [1.82, 2.24) is 14.6 Å². The molecule has 0 fully saturated rings. The summed E-state index contributed by atoms with van der Waals surface area (Å²) in [5, 5.41) is 16.6. The van der Waals surface area contributed by atoms with Crippen LogP contribution in [0.25, 0.3) is 5.65 Å². The van der Waals surface area contributed by atoms with Crippen LogP contribution in [0.3, 0.4) is 0 Å². The molecule has 4 rings (SSSR count). The minimum atomic E-state index is -3.09. The number of hydrogen-bond acceptors (Lipinski definition) is 5. The molecule has 1 amide bonds. The Morgan fingerprint density at radius 2 is 2.00 bits per heavy atom. The molecule has 1 N–H and O–H groups in total. The molecule has 0 spiro atoms. The second-order valence-corrected chi connectivity index (χ2v) is 10.2. The summed E-state index contributed by atoms with van der Waals surface area (Å²) in [7, 11) is 0. The molecule has 3 aromatic rings. The van der Waals surface area contributed by atoms with Gasteiger partial charge in [0, 0.05) is 10.9 Å². The maximum Gasteiger partial charge on any atom is 0.280 e. The van der Waals surface area contributed by atoms with Gasteiger partial charge in [0.25, 0.3) is 18.8 Å². The highest BCUT2D eigenvalue weighted by Gasteiger charge is 2.32. The third-order valence-electron chi connectivity index (χ3n) is 5.98. The van der Waals surface area contributed by atoms with Gasteiger partial charge in [-0.2, -0.15) is 10.4 Å². The number of nitriles is 1. The zero-order valence-electron chi connectivity index (χ0n) is 18.1. The lowest BCUT2D eigenvalue weighted by atomic mass is 9.72. The number of alkyl halides is 4. The first-order chi connectivity index (χ1) is 15.5. The molecule has 0 radical (unpaired) electrons. The lowest BCUT2D eigenvalue weighted by molar-refractivity contribution is 0.102. The minimum Gasteiger partial charge on any atom is -0.311 e. The average molecular weight is 480 g/mol. The first kappa shape index (κ1) is 23.2. The summed E-state index contributed by atoms with van der Waals surface area (Å²) in [6.07, 6.45) is -3.66. The Morgan fingerprint density at radius 3 is 2.61 bits per heavy atom. The summed E-state index contributed by atoms with van der Waals surface area (Å²) in [5.74, 6) is -0.290. The Morgan fingerprint density at radius 1 is 1.27 bits per heavy atom. The highest BCUT2D eigenvalue weighted by molar-refractivity contribution is 7.16. The molecule has 174 valence electrons. The van der Waals surface area contributed by atoms with Gasteiger partial charge in [-0.3, -0.25) is 4.79 Å². The van der Waals surface area contributed by atoms with Gasteiger partial charge in [-0.1, -0.05) is 20.8 Å². The Kier molecular flexibility index (Phi) is 5.90. The van der Waals surface area contributed by atoms with E-state index < -0.39 is 30.1 Å². The van der Waals surface area contributed by atoms with Gasteiger partial charge in [-0.15, -0.1) is 11.3 Å². The van der Waals surface area contributed by atoms with Crippen LogP contribution in [0.4, 0.5) is 22.6 Å². The highest BCUT2D eigenvalue weighted by atomic mass is 32.1. The van der Waals surface area contributed by atoms with Crippen molar-refractivity contribution in [3.05, 3.63) is 45.2 Å². The number of rotatable bonds is 4. The number of carbonyl (C=O) groups excluding carboxylic acids is 1. The smallest absolute Gasteiger partial charge is 0.280 e. The van der Waals surface area contributed by atoms with Crippen molar-refractivity contribution in [1.29, 1.82) is 5.26 Å². The monoisotopic (exact) mass is 479 g/mol. The number of hydrogen-bond donors (Lipinski definition) is 1. The van der Waals surface area contributed by atoms with E-state index in [9.17, 15) is 27.6 Å². The molecule has 33 heavy (non-hydrogen) atoms. The normalized spacial score (nSPS) is 16.3. The van der Waals surface area contributed by atoms with E-state index in [0.717, 1.165) is 35.8 Å². The van der Waals surface area contributed by atoms with E-state index in [1.807, 2.05) is 0 Å². The summed E-state index contributed by atoms with van der Waals surface area (Å²) in [5.41, 5.74) is -0.725. The summed E-state index contributed by atoms with van der Waals surface area (Å²) in [6.45, 7) is 6.53. The Bertz CT molecular complexity index is 1270. The van der Waals surface area contributed by atoms with Crippen LogP contribution >= 0.6 is 11.3 Å². The number of thiophene rings is 1. The van der Waals surface area contributed by atoms with Gasteiger partial charge < -0.3 is 5.32 Å². The number of fused-ring (bicyclic) bond motifs is 2. The fraction of sp³-hybridized carbons (Fsp3) is 0.455. The van der Waals surface area contributed by atoms with E-state index in [1.165, 1.54) is 11.3 Å². The molecule has 1 aliphatic rings. The number of carbonyl (C=O) groups is 1. The molecular weight excluding hydrogens is 458 g/mol. The number of halogens is 4. The number of anilines is 1. The summed E-state index contributed by atoms with van der Waals surface area (Å²) in [6, 6.07) is 3.80. The first-order valence-electron chi connectivity index (χ1n) is 10.3. The standard InChI is InChI=1S/C22H21F4N5OS/c1-22(2,3)10-4-5-11-12(9-27)21(33-16(11)6-10)29-20(32)14-8-17-28-13(18(23)24)7-15(19(25)26)31(17)30-14/h7-8,10,18-19H,4-6H2,1-3H3,(H,29,32). The fourth-order valence-corrected chi connectivity index (χ4v) is 5.37. The SMILES string of the molecule is CC(C)(C)C1CCc2c(sc(NC(=O)c3cc4nc(C(F)F)cc(C(F)F)n4n3)c2C#N)C1. The van der Waals surface area contributed by atoms with Crippen molar-refractivity contribution in [2.75, 3.05) is 5.32 Å². The average Bonchev–Trinajstić information content (AvgIpc) is 3.32. The molecule has 3 heterocycles. The number of nitrogens with zero attached hydrogens (tertiary/aromatic N) is 4. The third kappa shape index (κ3) is 4.31. The molecule has 1 aliphatic carbocycles. The van der Waals surface area contributed by atoms with Gasteiger partial charge in [0.05, 0.1) is 5.56 Å². The minimum absolute atomic E-state index is 0.112. The van der Waals surface area contributed by atoms with Gasteiger partial charge >= 0.3 is 0 Å². The van der Waals surface area contributed by atoms with Crippen LogP contribution in [0, 0.1) is 22.7 Å². The lowest BCUT2D eigenvalue weighted by Gasteiger charge is -2.33. The Balaban J connectivity index is 1.66. The quantitative estimate of drug-likeness (QED) is 0.470. The Hall–Kier alpha value is -3.00. The van der Waals surface area contributed by atoms with Crippen molar-refractivity contribution in [3.63, 3.8) is 0 Å². The second-order valence-electron chi connectivity index (χ2n) is 9.09. The van der Waals surface area contributed by atoms with Crippen molar-refractivity contribution in [2.45, 2.75) is 52.9 Å². The molecule has 1 atom stereocenters. The largest absolute Gasteiger partial charge is 0.311 e. The molecule has 0 saturated heterocycles. The van der Waals surface area contributed by atoms with Crippen molar-refractivity contribution >= 4 is 27.9 Å². The maximum absolute atomic E-state index is 13.4. The van der Waals surface area contributed by atoms with Gasteiger partial charge in [0.1, 0.15) is 22.5 Å². The molecule has 6 nitrogen and oxygen atoms in total. The Labute approximate surface area is 191 Å². The number of nitrogens with one attached hydrogen (secondary N) is 1. The van der Waals surface area contributed by atoms with Gasteiger partial charge in [0.15, 0.2) is 11.3 Å². The van der Waals surface area contributed by atoms with Crippen LogP contribution in [-0.2, 0) is 12.8 Å². The third-order valence-corrected chi connectivity index (χ3v) is 7.15. The van der Waals surface area contributed by atoms with Gasteiger partial charge in [0.2, 0.25) is 0 Å². The van der Waals surface area contributed by atoms with Crippen molar-refractivity contribution < 1.29 is 22.4 Å². The van der Waals surface area contributed by atoms with Crippen LogP contribution in [0.15, 0.2) is 12.1 Å².